The molecule has 0 atom stereocenters. The van der Waals surface area contributed by atoms with Crippen LogP contribution in [0.5, 0.6) is 5.75 Å². The van der Waals surface area contributed by atoms with Crippen molar-refractivity contribution in [3.05, 3.63) is 65.4 Å². The van der Waals surface area contributed by atoms with E-state index in [4.69, 9.17) is 0 Å². The summed E-state index contributed by atoms with van der Waals surface area (Å²) in [7, 11) is 0. The number of aromatic nitrogens is 2. The fraction of sp³-hybridized carbons (Fsp3) is 0.111. The summed E-state index contributed by atoms with van der Waals surface area (Å²) in [6.07, 6.45) is 0. The molecule has 0 saturated heterocycles. The second-order valence-electron chi connectivity index (χ2n) is 5.47. The maximum atomic E-state index is 11.6. The van der Waals surface area contributed by atoms with Gasteiger partial charge in [0.1, 0.15) is 5.75 Å². The standard InChI is InChI=1S/C18H16N2O3/c1-11-3-5-13(6-4-11)15-10-17(18(22)23)20(19-15)16-8-7-14(21)9-12(16)2/h3-10,21H,1-2H3,(H,22,23). The maximum absolute atomic E-state index is 11.6. The molecule has 1 heterocycles. The zero-order valence-electron chi connectivity index (χ0n) is 12.8. The van der Waals surface area contributed by atoms with Gasteiger partial charge in [0.05, 0.1) is 11.4 Å². The third-order valence-corrected chi connectivity index (χ3v) is 3.68. The van der Waals surface area contributed by atoms with Crippen LogP contribution < -0.4 is 0 Å². The molecule has 2 aromatic carbocycles. The van der Waals surface area contributed by atoms with Crippen LogP contribution >= 0.6 is 0 Å². The van der Waals surface area contributed by atoms with Crippen LogP contribution in [0.4, 0.5) is 0 Å². The first-order valence-corrected chi connectivity index (χ1v) is 7.16. The summed E-state index contributed by atoms with van der Waals surface area (Å²) in [5, 5.41) is 23.4. The van der Waals surface area contributed by atoms with Gasteiger partial charge < -0.3 is 10.2 Å². The SMILES string of the molecule is Cc1ccc(-c2cc(C(=O)O)n(-c3ccc(O)cc3C)n2)cc1. The molecule has 0 saturated carbocycles. The van der Waals surface area contributed by atoms with Crippen molar-refractivity contribution in [1.29, 1.82) is 0 Å². The van der Waals surface area contributed by atoms with Crippen molar-refractivity contribution in [2.24, 2.45) is 0 Å². The normalized spacial score (nSPS) is 10.7. The summed E-state index contributed by atoms with van der Waals surface area (Å²) in [6.45, 7) is 3.79. The van der Waals surface area contributed by atoms with Crippen molar-refractivity contribution in [2.75, 3.05) is 0 Å². The number of aromatic carboxylic acids is 1. The number of carboxylic acids is 1. The number of aryl methyl sites for hydroxylation is 2. The average molecular weight is 308 g/mol. The summed E-state index contributed by atoms with van der Waals surface area (Å²) in [5.41, 5.74) is 4.02. The van der Waals surface area contributed by atoms with Gasteiger partial charge in [-0.25, -0.2) is 9.48 Å². The Bertz CT molecular complexity index is 880. The smallest absolute Gasteiger partial charge is 0.354 e. The van der Waals surface area contributed by atoms with E-state index in [1.54, 1.807) is 25.1 Å². The van der Waals surface area contributed by atoms with E-state index < -0.39 is 5.97 Å². The second kappa shape index (κ2) is 5.61. The van der Waals surface area contributed by atoms with Gasteiger partial charge in [0, 0.05) is 5.56 Å². The molecule has 0 fully saturated rings. The molecule has 3 aromatic rings. The van der Waals surface area contributed by atoms with Crippen LogP contribution in [0.15, 0.2) is 48.5 Å². The molecule has 2 N–H and O–H groups in total. The highest BCUT2D eigenvalue weighted by molar-refractivity contribution is 5.88. The predicted molar refractivity (Wildman–Crippen MR) is 87.1 cm³/mol. The minimum absolute atomic E-state index is 0.0781. The van der Waals surface area contributed by atoms with E-state index in [1.807, 2.05) is 31.2 Å². The fourth-order valence-electron chi connectivity index (χ4n) is 2.46. The van der Waals surface area contributed by atoms with Crippen LogP contribution in [0, 0.1) is 13.8 Å². The molecular formula is C18H16N2O3. The van der Waals surface area contributed by atoms with E-state index in [0.717, 1.165) is 16.7 Å². The summed E-state index contributed by atoms with van der Waals surface area (Å²) < 4.78 is 1.40. The van der Waals surface area contributed by atoms with E-state index in [1.165, 1.54) is 10.7 Å². The first-order chi connectivity index (χ1) is 11.0. The van der Waals surface area contributed by atoms with Crippen LogP contribution in [-0.4, -0.2) is 26.0 Å². The third-order valence-electron chi connectivity index (χ3n) is 3.68. The Morgan fingerprint density at radius 1 is 1.04 bits per heavy atom. The molecule has 1 aromatic heterocycles. The van der Waals surface area contributed by atoms with Crippen molar-refractivity contribution in [3.63, 3.8) is 0 Å². The number of benzene rings is 2. The number of rotatable bonds is 3. The number of aromatic hydroxyl groups is 1. The van der Waals surface area contributed by atoms with Crippen molar-refractivity contribution >= 4 is 5.97 Å². The minimum Gasteiger partial charge on any atom is -0.508 e. The molecule has 5 heteroatoms. The number of nitrogens with zero attached hydrogens (tertiary/aromatic N) is 2. The van der Waals surface area contributed by atoms with Gasteiger partial charge in [-0.05, 0) is 43.7 Å². The van der Waals surface area contributed by atoms with Gasteiger partial charge in [0.25, 0.3) is 0 Å². The van der Waals surface area contributed by atoms with E-state index in [2.05, 4.69) is 5.10 Å². The van der Waals surface area contributed by atoms with E-state index in [-0.39, 0.29) is 11.4 Å². The lowest BCUT2D eigenvalue weighted by Gasteiger charge is -2.08. The Kier molecular flexibility index (Phi) is 3.62. The van der Waals surface area contributed by atoms with Crippen molar-refractivity contribution in [1.82, 2.24) is 9.78 Å². The van der Waals surface area contributed by atoms with Gasteiger partial charge >= 0.3 is 5.97 Å². The van der Waals surface area contributed by atoms with Crippen LogP contribution in [0.3, 0.4) is 0 Å². The van der Waals surface area contributed by atoms with Crippen LogP contribution in [0.25, 0.3) is 16.9 Å². The lowest BCUT2D eigenvalue weighted by Crippen LogP contribution is -2.09. The summed E-state index contributed by atoms with van der Waals surface area (Å²) in [4.78, 5) is 11.6. The lowest BCUT2D eigenvalue weighted by molar-refractivity contribution is 0.0687. The molecular weight excluding hydrogens is 292 g/mol. The summed E-state index contributed by atoms with van der Waals surface area (Å²) >= 11 is 0. The molecule has 0 aliphatic carbocycles. The minimum atomic E-state index is -1.05. The van der Waals surface area contributed by atoms with Crippen LogP contribution in [-0.2, 0) is 0 Å². The number of phenols is 1. The van der Waals surface area contributed by atoms with Gasteiger partial charge in [0.15, 0.2) is 5.69 Å². The molecule has 3 rings (SSSR count). The first kappa shape index (κ1) is 14.8. The number of carbonyl (C=O) groups is 1. The van der Waals surface area contributed by atoms with Gasteiger partial charge in [-0.2, -0.15) is 5.10 Å². The van der Waals surface area contributed by atoms with Gasteiger partial charge in [-0.1, -0.05) is 29.8 Å². The van der Waals surface area contributed by atoms with Crippen molar-refractivity contribution in [2.45, 2.75) is 13.8 Å². The zero-order chi connectivity index (χ0) is 16.6. The largest absolute Gasteiger partial charge is 0.508 e. The topological polar surface area (TPSA) is 75.3 Å². The number of hydrogen-bond donors (Lipinski definition) is 2. The van der Waals surface area contributed by atoms with E-state index in [0.29, 0.717) is 11.4 Å². The Morgan fingerprint density at radius 3 is 2.35 bits per heavy atom. The monoisotopic (exact) mass is 308 g/mol. The number of phenolic OH excluding ortho intramolecular Hbond substituents is 1. The maximum Gasteiger partial charge on any atom is 0.354 e. The molecule has 0 amide bonds. The number of carboxylic acid groups (broad SMARTS) is 1. The Morgan fingerprint density at radius 2 is 1.74 bits per heavy atom. The van der Waals surface area contributed by atoms with Crippen LogP contribution in [0.1, 0.15) is 21.6 Å². The fourth-order valence-corrected chi connectivity index (χ4v) is 2.46. The highest BCUT2D eigenvalue weighted by atomic mass is 16.4. The average Bonchev–Trinajstić information content (AvgIpc) is 2.93. The summed E-state index contributed by atoms with van der Waals surface area (Å²) in [6, 6.07) is 14.0. The van der Waals surface area contributed by atoms with Gasteiger partial charge in [-0.15, -0.1) is 0 Å². The molecule has 0 aliphatic heterocycles. The lowest BCUT2D eigenvalue weighted by atomic mass is 10.1. The molecule has 0 radical (unpaired) electrons. The molecule has 116 valence electrons. The van der Waals surface area contributed by atoms with Crippen molar-refractivity contribution < 1.29 is 15.0 Å². The first-order valence-electron chi connectivity index (χ1n) is 7.16. The molecule has 23 heavy (non-hydrogen) atoms. The molecule has 5 nitrogen and oxygen atoms in total. The predicted octanol–water partition coefficient (Wildman–Crippen LogP) is 3.56. The Labute approximate surface area is 133 Å². The highest BCUT2D eigenvalue weighted by Gasteiger charge is 2.18. The molecule has 0 aliphatic rings. The summed E-state index contributed by atoms with van der Waals surface area (Å²) in [5.74, 6) is -0.919. The van der Waals surface area contributed by atoms with Gasteiger partial charge in [-0.3, -0.25) is 0 Å². The quantitative estimate of drug-likeness (QED) is 0.775. The van der Waals surface area contributed by atoms with E-state index in [9.17, 15) is 15.0 Å². The molecule has 0 bridgehead atoms. The van der Waals surface area contributed by atoms with Crippen molar-refractivity contribution in [3.8, 4) is 22.7 Å². The van der Waals surface area contributed by atoms with Crippen LogP contribution in [0.2, 0.25) is 0 Å². The Hall–Kier alpha value is -3.08. The zero-order valence-corrected chi connectivity index (χ0v) is 12.8. The Balaban J connectivity index is 2.16. The molecule has 0 unspecified atom stereocenters. The third kappa shape index (κ3) is 2.81. The van der Waals surface area contributed by atoms with Gasteiger partial charge in [0.2, 0.25) is 0 Å². The van der Waals surface area contributed by atoms with E-state index >= 15 is 0 Å². The molecule has 0 spiro atoms. The second-order valence-corrected chi connectivity index (χ2v) is 5.47. The highest BCUT2D eigenvalue weighted by Crippen LogP contribution is 2.25. The number of hydrogen-bond acceptors (Lipinski definition) is 3.